The van der Waals surface area contributed by atoms with E-state index in [1.165, 1.54) is 50.0 Å². The normalized spacial score (nSPS) is 21.4. The van der Waals surface area contributed by atoms with Gasteiger partial charge in [0.15, 0.2) is 0 Å². The molecule has 0 spiro atoms. The molecule has 0 radical (unpaired) electrons. The van der Waals surface area contributed by atoms with E-state index in [4.69, 9.17) is 0 Å². The van der Waals surface area contributed by atoms with Crippen LogP contribution in [0.2, 0.25) is 0 Å². The molecule has 0 amide bonds. The van der Waals surface area contributed by atoms with Crippen molar-refractivity contribution in [2.45, 2.75) is 58.4 Å². The molecule has 2 nitrogen and oxygen atoms in total. The summed E-state index contributed by atoms with van der Waals surface area (Å²) in [6, 6.07) is 0.583. The monoisotopic (exact) mass is 259 g/mol. The summed E-state index contributed by atoms with van der Waals surface area (Å²) in [4.78, 5) is 0. The Labute approximate surface area is 111 Å². The second kappa shape index (κ2) is 8.39. The first-order chi connectivity index (χ1) is 8.22. The lowest BCUT2D eigenvalue weighted by atomic mass is 9.74. The quantitative estimate of drug-likeness (QED) is 0.657. The van der Waals surface area contributed by atoms with Crippen molar-refractivity contribution in [3.8, 4) is 0 Å². The molecule has 0 aromatic heterocycles. The molecule has 1 fully saturated rings. The van der Waals surface area contributed by atoms with Gasteiger partial charge in [-0.3, -0.25) is 0 Å². The van der Waals surface area contributed by atoms with E-state index >= 15 is 0 Å². The molecule has 0 heterocycles. The number of hydrogen-bond donors (Lipinski definition) is 2. The summed E-state index contributed by atoms with van der Waals surface area (Å²) in [5.74, 6) is 2.46. The highest BCUT2D eigenvalue weighted by Crippen LogP contribution is 2.35. The van der Waals surface area contributed by atoms with Crippen LogP contribution in [0.15, 0.2) is 0 Å². The maximum absolute atomic E-state index is 9.62. The Kier molecular flexibility index (Phi) is 7.56. The number of rotatable bonds is 8. The number of thioether (sulfide) groups is 1. The Hall–Kier alpha value is 0.270. The zero-order valence-corrected chi connectivity index (χ0v) is 12.3. The maximum Gasteiger partial charge on any atom is 0.0499 e. The molecule has 1 rings (SSSR count). The van der Waals surface area contributed by atoms with Crippen LogP contribution >= 0.6 is 11.8 Å². The molecule has 0 bridgehead atoms. The topological polar surface area (TPSA) is 32.3 Å². The van der Waals surface area contributed by atoms with Crippen LogP contribution in [0.25, 0.3) is 0 Å². The molecule has 1 unspecified atom stereocenters. The Balaban J connectivity index is 2.21. The van der Waals surface area contributed by atoms with Gasteiger partial charge in [0.1, 0.15) is 0 Å². The lowest BCUT2D eigenvalue weighted by Crippen LogP contribution is -2.42. The van der Waals surface area contributed by atoms with Crippen molar-refractivity contribution in [2.24, 2.45) is 5.41 Å². The standard InChI is InChI=1S/C14H29NOS/c1-3-17-10-7-13(2)15-11-14(12-16)8-5-4-6-9-14/h13,15-16H,3-12H2,1-2H3. The van der Waals surface area contributed by atoms with E-state index in [-0.39, 0.29) is 5.41 Å². The maximum atomic E-state index is 9.62. The van der Waals surface area contributed by atoms with Crippen molar-refractivity contribution in [2.75, 3.05) is 24.7 Å². The van der Waals surface area contributed by atoms with Crippen molar-refractivity contribution in [1.29, 1.82) is 0 Å². The molecule has 1 atom stereocenters. The molecule has 2 N–H and O–H groups in total. The SMILES string of the molecule is CCSCCC(C)NCC1(CO)CCCCC1. The van der Waals surface area contributed by atoms with Crippen molar-refractivity contribution < 1.29 is 5.11 Å². The van der Waals surface area contributed by atoms with Crippen LogP contribution < -0.4 is 5.32 Å². The summed E-state index contributed by atoms with van der Waals surface area (Å²) < 4.78 is 0. The largest absolute Gasteiger partial charge is 0.396 e. The fourth-order valence-corrected chi connectivity index (χ4v) is 3.40. The third kappa shape index (κ3) is 5.62. The first-order valence-corrected chi connectivity index (χ1v) is 8.30. The van der Waals surface area contributed by atoms with Gasteiger partial charge in [-0.25, -0.2) is 0 Å². The minimum absolute atomic E-state index is 0.185. The minimum atomic E-state index is 0.185. The summed E-state index contributed by atoms with van der Waals surface area (Å²) in [6.07, 6.45) is 7.58. The van der Waals surface area contributed by atoms with Crippen LogP contribution in [0, 0.1) is 5.41 Å². The fraction of sp³-hybridized carbons (Fsp3) is 1.00. The van der Waals surface area contributed by atoms with Crippen molar-refractivity contribution in [1.82, 2.24) is 5.32 Å². The third-order valence-corrected chi connectivity index (χ3v) is 4.91. The Morgan fingerprint density at radius 3 is 2.59 bits per heavy atom. The van der Waals surface area contributed by atoms with E-state index in [0.717, 1.165) is 6.54 Å². The molecule has 1 aliphatic rings. The second-order valence-corrected chi connectivity index (χ2v) is 6.88. The van der Waals surface area contributed by atoms with E-state index in [1.54, 1.807) is 0 Å². The highest BCUT2D eigenvalue weighted by molar-refractivity contribution is 7.99. The van der Waals surface area contributed by atoms with Gasteiger partial charge < -0.3 is 10.4 Å². The molecule has 0 aromatic rings. The van der Waals surface area contributed by atoms with Gasteiger partial charge in [-0.1, -0.05) is 26.2 Å². The van der Waals surface area contributed by atoms with Gasteiger partial charge in [-0.15, -0.1) is 0 Å². The average Bonchev–Trinajstić information content (AvgIpc) is 2.38. The zero-order valence-electron chi connectivity index (χ0n) is 11.5. The molecule has 0 aliphatic heterocycles. The van der Waals surface area contributed by atoms with Crippen LogP contribution in [0.5, 0.6) is 0 Å². The Morgan fingerprint density at radius 1 is 1.29 bits per heavy atom. The minimum Gasteiger partial charge on any atom is -0.396 e. The summed E-state index contributed by atoms with van der Waals surface area (Å²) in [7, 11) is 0. The first kappa shape index (κ1) is 15.3. The van der Waals surface area contributed by atoms with Gasteiger partial charge in [0.05, 0.1) is 0 Å². The summed E-state index contributed by atoms with van der Waals surface area (Å²) in [5, 5.41) is 13.3. The molecule has 1 aliphatic carbocycles. The number of aliphatic hydroxyl groups is 1. The van der Waals surface area contributed by atoms with Crippen molar-refractivity contribution >= 4 is 11.8 Å². The van der Waals surface area contributed by atoms with Crippen LogP contribution in [0.4, 0.5) is 0 Å². The number of nitrogens with one attached hydrogen (secondary N) is 1. The van der Waals surface area contributed by atoms with E-state index in [2.05, 4.69) is 19.2 Å². The summed E-state index contributed by atoms with van der Waals surface area (Å²) in [5.41, 5.74) is 0.185. The Morgan fingerprint density at radius 2 is 2.00 bits per heavy atom. The highest BCUT2D eigenvalue weighted by atomic mass is 32.2. The highest BCUT2D eigenvalue weighted by Gasteiger charge is 2.31. The van der Waals surface area contributed by atoms with Crippen molar-refractivity contribution in [3.05, 3.63) is 0 Å². The molecule has 1 saturated carbocycles. The van der Waals surface area contributed by atoms with Gasteiger partial charge in [-0.05, 0) is 37.7 Å². The van der Waals surface area contributed by atoms with Gasteiger partial charge in [0, 0.05) is 24.6 Å². The average molecular weight is 259 g/mol. The summed E-state index contributed by atoms with van der Waals surface area (Å²) >= 11 is 2.01. The first-order valence-electron chi connectivity index (χ1n) is 7.14. The third-order valence-electron chi connectivity index (χ3n) is 3.97. The lowest BCUT2D eigenvalue weighted by Gasteiger charge is -2.36. The predicted molar refractivity (Wildman–Crippen MR) is 77.7 cm³/mol. The molecule has 0 saturated heterocycles. The van der Waals surface area contributed by atoms with Gasteiger partial charge in [0.25, 0.3) is 0 Å². The molecule has 3 heteroatoms. The number of hydrogen-bond acceptors (Lipinski definition) is 3. The molecular formula is C14H29NOS. The van der Waals surface area contributed by atoms with Crippen LogP contribution in [-0.2, 0) is 0 Å². The summed E-state index contributed by atoms with van der Waals surface area (Å²) in [6.45, 7) is 5.84. The van der Waals surface area contributed by atoms with Gasteiger partial charge >= 0.3 is 0 Å². The Bertz CT molecular complexity index is 193. The van der Waals surface area contributed by atoms with E-state index in [0.29, 0.717) is 12.6 Å². The van der Waals surface area contributed by atoms with Gasteiger partial charge in [-0.2, -0.15) is 11.8 Å². The van der Waals surface area contributed by atoms with E-state index in [9.17, 15) is 5.11 Å². The smallest absolute Gasteiger partial charge is 0.0499 e. The lowest BCUT2D eigenvalue weighted by molar-refractivity contribution is 0.0788. The van der Waals surface area contributed by atoms with Crippen LogP contribution in [-0.4, -0.2) is 35.8 Å². The molecule has 17 heavy (non-hydrogen) atoms. The number of aliphatic hydroxyl groups excluding tert-OH is 1. The zero-order chi connectivity index (χ0) is 12.6. The second-order valence-electron chi connectivity index (χ2n) is 5.49. The van der Waals surface area contributed by atoms with E-state index < -0.39 is 0 Å². The van der Waals surface area contributed by atoms with Crippen LogP contribution in [0.1, 0.15) is 52.4 Å². The van der Waals surface area contributed by atoms with E-state index in [1.807, 2.05) is 11.8 Å². The molecular weight excluding hydrogens is 230 g/mol. The fourth-order valence-electron chi connectivity index (χ4n) is 2.59. The van der Waals surface area contributed by atoms with Gasteiger partial charge in [0.2, 0.25) is 0 Å². The molecule has 102 valence electrons. The predicted octanol–water partition coefficient (Wildman–Crippen LogP) is 3.05. The van der Waals surface area contributed by atoms with Crippen LogP contribution in [0.3, 0.4) is 0 Å². The molecule has 0 aromatic carbocycles. The van der Waals surface area contributed by atoms with Crippen molar-refractivity contribution in [3.63, 3.8) is 0 Å².